The lowest BCUT2D eigenvalue weighted by molar-refractivity contribution is -0.384. The summed E-state index contributed by atoms with van der Waals surface area (Å²) in [4.78, 5) is 10.3. The molecule has 0 aliphatic heterocycles. The Labute approximate surface area is 116 Å². The number of methoxy groups -OCH3 is 1. The van der Waals surface area contributed by atoms with Crippen LogP contribution < -0.4 is 9.47 Å². The zero-order valence-corrected chi connectivity index (χ0v) is 11.3. The minimum Gasteiger partial charge on any atom is -0.496 e. The molecule has 0 unspecified atom stereocenters. The number of benzene rings is 2. The average Bonchev–Trinajstić information content (AvgIpc) is 2.46. The summed E-state index contributed by atoms with van der Waals surface area (Å²) in [5.41, 5.74) is 1.83. The van der Waals surface area contributed by atoms with Crippen LogP contribution in [-0.4, -0.2) is 12.0 Å². The molecule has 0 aliphatic rings. The molecule has 2 aromatic carbocycles. The van der Waals surface area contributed by atoms with Gasteiger partial charge in [0.15, 0.2) is 0 Å². The summed E-state index contributed by atoms with van der Waals surface area (Å²) in [6.07, 6.45) is 0. The molecule has 2 aromatic rings. The van der Waals surface area contributed by atoms with Crippen LogP contribution >= 0.6 is 0 Å². The number of nitro benzene ring substituents is 1. The molecule has 5 heteroatoms. The van der Waals surface area contributed by atoms with Crippen molar-refractivity contribution in [1.82, 2.24) is 0 Å². The monoisotopic (exact) mass is 273 g/mol. The van der Waals surface area contributed by atoms with Gasteiger partial charge in [0.25, 0.3) is 5.69 Å². The first-order chi connectivity index (χ1) is 9.60. The predicted molar refractivity (Wildman–Crippen MR) is 75.2 cm³/mol. The van der Waals surface area contributed by atoms with E-state index in [1.807, 2.05) is 19.1 Å². The molecule has 0 spiro atoms. The van der Waals surface area contributed by atoms with Crippen LogP contribution in [0.25, 0.3) is 0 Å². The van der Waals surface area contributed by atoms with E-state index in [2.05, 4.69) is 0 Å². The van der Waals surface area contributed by atoms with E-state index in [0.29, 0.717) is 5.75 Å². The lowest BCUT2D eigenvalue weighted by Crippen LogP contribution is -1.97. The molecule has 0 saturated carbocycles. The standard InChI is InChI=1S/C15H15NO4/c1-11-6-7-14(9-15(11)19-2)20-10-12-4-3-5-13(8-12)16(17)18/h3-9H,10H2,1-2H3. The zero-order chi connectivity index (χ0) is 14.5. The molecule has 0 radical (unpaired) electrons. The first-order valence-electron chi connectivity index (χ1n) is 6.11. The molecule has 0 bridgehead atoms. The van der Waals surface area contributed by atoms with Gasteiger partial charge in [0, 0.05) is 18.2 Å². The van der Waals surface area contributed by atoms with Gasteiger partial charge in [0.05, 0.1) is 12.0 Å². The second-order valence-corrected chi connectivity index (χ2v) is 4.35. The second kappa shape index (κ2) is 6.06. The molecule has 2 rings (SSSR count). The SMILES string of the molecule is COc1cc(OCc2cccc([N+](=O)[O-])c2)ccc1C. The Morgan fingerprint density at radius 1 is 1.20 bits per heavy atom. The zero-order valence-electron chi connectivity index (χ0n) is 11.3. The van der Waals surface area contributed by atoms with E-state index in [1.165, 1.54) is 12.1 Å². The van der Waals surface area contributed by atoms with Gasteiger partial charge >= 0.3 is 0 Å². The first kappa shape index (κ1) is 13.9. The van der Waals surface area contributed by atoms with Crippen LogP contribution in [0.4, 0.5) is 5.69 Å². The number of nitro groups is 1. The van der Waals surface area contributed by atoms with Crippen molar-refractivity contribution in [2.24, 2.45) is 0 Å². The molecule has 5 nitrogen and oxygen atoms in total. The van der Waals surface area contributed by atoms with Crippen molar-refractivity contribution in [1.29, 1.82) is 0 Å². The highest BCUT2D eigenvalue weighted by atomic mass is 16.6. The van der Waals surface area contributed by atoms with Gasteiger partial charge in [-0.1, -0.05) is 18.2 Å². The number of nitrogens with zero attached hydrogens (tertiary/aromatic N) is 1. The van der Waals surface area contributed by atoms with Crippen molar-refractivity contribution in [3.63, 3.8) is 0 Å². The van der Waals surface area contributed by atoms with Gasteiger partial charge in [-0.05, 0) is 24.1 Å². The van der Waals surface area contributed by atoms with E-state index >= 15 is 0 Å². The van der Waals surface area contributed by atoms with E-state index in [-0.39, 0.29) is 12.3 Å². The maximum Gasteiger partial charge on any atom is 0.269 e. The molecule has 0 amide bonds. The van der Waals surface area contributed by atoms with Gasteiger partial charge in [-0.25, -0.2) is 0 Å². The topological polar surface area (TPSA) is 61.6 Å². The third-order valence-corrected chi connectivity index (χ3v) is 2.91. The normalized spacial score (nSPS) is 10.1. The molecule has 0 N–H and O–H groups in total. The average molecular weight is 273 g/mol. The quantitative estimate of drug-likeness (QED) is 0.618. The summed E-state index contributed by atoms with van der Waals surface area (Å²) in [5, 5.41) is 10.7. The van der Waals surface area contributed by atoms with Crippen LogP contribution in [0.2, 0.25) is 0 Å². The number of non-ortho nitro benzene ring substituents is 1. The maximum atomic E-state index is 10.7. The van der Waals surface area contributed by atoms with Crippen LogP contribution in [0.15, 0.2) is 42.5 Å². The summed E-state index contributed by atoms with van der Waals surface area (Å²) >= 11 is 0. The van der Waals surface area contributed by atoms with E-state index in [0.717, 1.165) is 16.9 Å². The number of aryl methyl sites for hydroxylation is 1. The van der Waals surface area contributed by atoms with Crippen LogP contribution in [0.3, 0.4) is 0 Å². The number of hydrogen-bond acceptors (Lipinski definition) is 4. The Morgan fingerprint density at radius 3 is 2.70 bits per heavy atom. The predicted octanol–water partition coefficient (Wildman–Crippen LogP) is 3.49. The highest BCUT2D eigenvalue weighted by Gasteiger charge is 2.06. The van der Waals surface area contributed by atoms with E-state index in [1.54, 1.807) is 25.3 Å². The van der Waals surface area contributed by atoms with Gasteiger partial charge in [-0.3, -0.25) is 10.1 Å². The highest BCUT2D eigenvalue weighted by Crippen LogP contribution is 2.24. The Balaban J connectivity index is 2.08. The van der Waals surface area contributed by atoms with Crippen LogP contribution in [0, 0.1) is 17.0 Å². The largest absolute Gasteiger partial charge is 0.496 e. The Kier molecular flexibility index (Phi) is 4.20. The van der Waals surface area contributed by atoms with E-state index < -0.39 is 4.92 Å². The number of hydrogen-bond donors (Lipinski definition) is 0. The van der Waals surface area contributed by atoms with E-state index in [9.17, 15) is 10.1 Å². The smallest absolute Gasteiger partial charge is 0.269 e. The molecule has 0 atom stereocenters. The van der Waals surface area contributed by atoms with Crippen molar-refractivity contribution in [3.05, 3.63) is 63.7 Å². The van der Waals surface area contributed by atoms with Gasteiger partial charge in [-0.2, -0.15) is 0 Å². The molecular formula is C15H15NO4. The summed E-state index contributed by atoms with van der Waals surface area (Å²) in [7, 11) is 1.60. The Morgan fingerprint density at radius 2 is 2.00 bits per heavy atom. The fourth-order valence-electron chi connectivity index (χ4n) is 1.82. The number of rotatable bonds is 5. The minimum absolute atomic E-state index is 0.0626. The highest BCUT2D eigenvalue weighted by molar-refractivity contribution is 5.40. The fourth-order valence-corrected chi connectivity index (χ4v) is 1.82. The van der Waals surface area contributed by atoms with E-state index in [4.69, 9.17) is 9.47 Å². The van der Waals surface area contributed by atoms with Crippen molar-refractivity contribution >= 4 is 5.69 Å². The van der Waals surface area contributed by atoms with Gasteiger partial charge in [0.2, 0.25) is 0 Å². The fraction of sp³-hybridized carbons (Fsp3) is 0.200. The van der Waals surface area contributed by atoms with Gasteiger partial charge in [0.1, 0.15) is 18.1 Å². The summed E-state index contributed by atoms with van der Waals surface area (Å²) in [6, 6.07) is 11.9. The van der Waals surface area contributed by atoms with Crippen LogP contribution in [0.1, 0.15) is 11.1 Å². The Bertz CT molecular complexity index is 625. The third-order valence-electron chi connectivity index (χ3n) is 2.91. The minimum atomic E-state index is -0.418. The van der Waals surface area contributed by atoms with Crippen LogP contribution in [-0.2, 0) is 6.61 Å². The van der Waals surface area contributed by atoms with Gasteiger partial charge < -0.3 is 9.47 Å². The van der Waals surface area contributed by atoms with Gasteiger partial charge in [-0.15, -0.1) is 0 Å². The molecule has 0 heterocycles. The van der Waals surface area contributed by atoms with Crippen molar-refractivity contribution in [3.8, 4) is 11.5 Å². The lowest BCUT2D eigenvalue weighted by Gasteiger charge is -2.09. The molecule has 0 fully saturated rings. The van der Waals surface area contributed by atoms with Crippen molar-refractivity contribution in [2.75, 3.05) is 7.11 Å². The molecule has 0 aromatic heterocycles. The molecule has 0 saturated heterocycles. The van der Waals surface area contributed by atoms with Crippen LogP contribution in [0.5, 0.6) is 11.5 Å². The van der Waals surface area contributed by atoms with Crippen molar-refractivity contribution in [2.45, 2.75) is 13.5 Å². The lowest BCUT2D eigenvalue weighted by atomic mass is 10.2. The second-order valence-electron chi connectivity index (χ2n) is 4.35. The molecule has 0 aliphatic carbocycles. The first-order valence-corrected chi connectivity index (χ1v) is 6.11. The Hall–Kier alpha value is -2.56. The molecule has 104 valence electrons. The third kappa shape index (κ3) is 3.26. The summed E-state index contributed by atoms with van der Waals surface area (Å²) in [6.45, 7) is 2.22. The summed E-state index contributed by atoms with van der Waals surface area (Å²) in [5.74, 6) is 1.42. The summed E-state index contributed by atoms with van der Waals surface area (Å²) < 4.78 is 10.8. The molecular weight excluding hydrogens is 258 g/mol. The number of ether oxygens (including phenoxy) is 2. The maximum absolute atomic E-state index is 10.7. The molecule has 20 heavy (non-hydrogen) atoms. The van der Waals surface area contributed by atoms with Crippen molar-refractivity contribution < 1.29 is 14.4 Å².